The standard InChI is InChI=1S/C14H10ClFN2O2/c15-10-6-7(4-5-11(10)16)12-8(13(17)19)2-1-3-9(12)14(18)20/h1-6H,(H2,17,19)(H2,18,20). The van der Waals surface area contributed by atoms with Crippen molar-refractivity contribution in [2.24, 2.45) is 11.5 Å². The van der Waals surface area contributed by atoms with Gasteiger partial charge >= 0.3 is 0 Å². The third kappa shape index (κ3) is 2.48. The van der Waals surface area contributed by atoms with E-state index in [0.29, 0.717) is 5.56 Å². The molecule has 0 saturated carbocycles. The number of nitrogens with two attached hydrogens (primary N) is 2. The monoisotopic (exact) mass is 292 g/mol. The summed E-state index contributed by atoms with van der Waals surface area (Å²) >= 11 is 5.72. The molecule has 0 aromatic heterocycles. The number of hydrogen-bond acceptors (Lipinski definition) is 2. The Morgan fingerprint density at radius 2 is 1.55 bits per heavy atom. The van der Waals surface area contributed by atoms with Crippen LogP contribution in [0.3, 0.4) is 0 Å². The maximum absolute atomic E-state index is 13.2. The fourth-order valence-electron chi connectivity index (χ4n) is 1.93. The summed E-state index contributed by atoms with van der Waals surface area (Å²) in [6, 6.07) is 8.26. The third-order valence-corrected chi connectivity index (χ3v) is 3.09. The minimum absolute atomic E-state index is 0.115. The Morgan fingerprint density at radius 1 is 1.00 bits per heavy atom. The Kier molecular flexibility index (Phi) is 3.72. The molecule has 0 unspecified atom stereocenters. The van der Waals surface area contributed by atoms with Crippen LogP contribution in [0.4, 0.5) is 4.39 Å². The van der Waals surface area contributed by atoms with Gasteiger partial charge in [0.15, 0.2) is 0 Å². The highest BCUT2D eigenvalue weighted by atomic mass is 35.5. The van der Waals surface area contributed by atoms with Gasteiger partial charge in [-0.15, -0.1) is 0 Å². The molecule has 0 aliphatic rings. The predicted octanol–water partition coefficient (Wildman–Crippen LogP) is 2.34. The molecule has 2 rings (SSSR count). The summed E-state index contributed by atoms with van der Waals surface area (Å²) in [7, 11) is 0. The van der Waals surface area contributed by atoms with Crippen molar-refractivity contribution >= 4 is 23.4 Å². The Bertz CT molecular complexity index is 684. The van der Waals surface area contributed by atoms with Crippen LogP contribution in [-0.2, 0) is 0 Å². The first kappa shape index (κ1) is 14.0. The lowest BCUT2D eigenvalue weighted by Gasteiger charge is -2.11. The van der Waals surface area contributed by atoms with E-state index in [2.05, 4.69) is 0 Å². The van der Waals surface area contributed by atoms with Gasteiger partial charge in [-0.25, -0.2) is 4.39 Å². The van der Waals surface area contributed by atoms with Crippen molar-refractivity contribution in [3.8, 4) is 11.1 Å². The molecule has 2 amide bonds. The third-order valence-electron chi connectivity index (χ3n) is 2.80. The molecule has 2 aromatic carbocycles. The molecule has 0 aliphatic heterocycles. The van der Waals surface area contributed by atoms with E-state index < -0.39 is 17.6 Å². The van der Waals surface area contributed by atoms with E-state index in [1.54, 1.807) is 0 Å². The van der Waals surface area contributed by atoms with Gasteiger partial charge in [-0.1, -0.05) is 23.7 Å². The van der Waals surface area contributed by atoms with Crippen LogP contribution in [0, 0.1) is 5.82 Å². The molecule has 4 N–H and O–H groups in total. The van der Waals surface area contributed by atoms with Crippen molar-refractivity contribution in [1.29, 1.82) is 0 Å². The number of benzene rings is 2. The maximum atomic E-state index is 13.2. The van der Waals surface area contributed by atoms with Gasteiger partial charge in [-0.3, -0.25) is 9.59 Å². The second-order valence-electron chi connectivity index (χ2n) is 4.09. The van der Waals surface area contributed by atoms with E-state index in [1.807, 2.05) is 0 Å². The van der Waals surface area contributed by atoms with E-state index in [-0.39, 0.29) is 21.7 Å². The quantitative estimate of drug-likeness (QED) is 0.909. The van der Waals surface area contributed by atoms with E-state index in [0.717, 1.165) is 6.07 Å². The molecule has 4 nitrogen and oxygen atoms in total. The molecule has 6 heteroatoms. The zero-order chi connectivity index (χ0) is 14.9. The normalized spacial score (nSPS) is 10.3. The molecular weight excluding hydrogens is 283 g/mol. The van der Waals surface area contributed by atoms with Crippen LogP contribution in [0.2, 0.25) is 5.02 Å². The average Bonchev–Trinajstić information content (AvgIpc) is 2.41. The van der Waals surface area contributed by atoms with Crippen LogP contribution in [0.25, 0.3) is 11.1 Å². The fraction of sp³-hybridized carbons (Fsp3) is 0. The SMILES string of the molecule is NC(=O)c1cccc(C(N)=O)c1-c1ccc(F)c(Cl)c1. The Balaban J connectivity index is 2.79. The molecule has 0 radical (unpaired) electrons. The number of carbonyl (C=O) groups is 2. The highest BCUT2D eigenvalue weighted by Crippen LogP contribution is 2.30. The predicted molar refractivity (Wildman–Crippen MR) is 73.9 cm³/mol. The Morgan fingerprint density at radius 3 is 2.00 bits per heavy atom. The molecule has 0 spiro atoms. The first-order chi connectivity index (χ1) is 9.41. The number of primary amides is 2. The zero-order valence-electron chi connectivity index (χ0n) is 10.2. The van der Waals surface area contributed by atoms with Crippen LogP contribution in [0.15, 0.2) is 36.4 Å². The van der Waals surface area contributed by atoms with Gasteiger partial charge in [0, 0.05) is 16.7 Å². The molecule has 0 fully saturated rings. The average molecular weight is 293 g/mol. The molecule has 0 saturated heterocycles. The highest BCUT2D eigenvalue weighted by molar-refractivity contribution is 6.31. The molecule has 2 aromatic rings. The van der Waals surface area contributed by atoms with Gasteiger partial charge in [0.05, 0.1) is 5.02 Å². The summed E-state index contributed by atoms with van der Waals surface area (Å²) in [6.45, 7) is 0. The van der Waals surface area contributed by atoms with Crippen molar-refractivity contribution < 1.29 is 14.0 Å². The number of hydrogen-bond donors (Lipinski definition) is 2. The molecule has 20 heavy (non-hydrogen) atoms. The van der Waals surface area contributed by atoms with Crippen molar-refractivity contribution in [1.82, 2.24) is 0 Å². The lowest BCUT2D eigenvalue weighted by Crippen LogP contribution is -2.18. The molecule has 0 bridgehead atoms. The highest BCUT2D eigenvalue weighted by Gasteiger charge is 2.18. The topological polar surface area (TPSA) is 86.2 Å². The molecule has 0 atom stereocenters. The number of rotatable bonds is 3. The first-order valence-corrected chi connectivity index (χ1v) is 5.97. The van der Waals surface area contributed by atoms with Crippen molar-refractivity contribution in [3.05, 3.63) is 58.4 Å². The second kappa shape index (κ2) is 5.30. The maximum Gasteiger partial charge on any atom is 0.249 e. The minimum Gasteiger partial charge on any atom is -0.366 e. The minimum atomic E-state index is -0.719. The summed E-state index contributed by atoms with van der Waals surface area (Å²) < 4.78 is 13.2. The molecular formula is C14H10ClFN2O2. The van der Waals surface area contributed by atoms with Crippen LogP contribution in [-0.4, -0.2) is 11.8 Å². The van der Waals surface area contributed by atoms with Crippen LogP contribution < -0.4 is 11.5 Å². The summed E-state index contributed by atoms with van der Waals surface area (Å²) in [5, 5.41) is -0.128. The lowest BCUT2D eigenvalue weighted by atomic mass is 9.93. The number of halogens is 2. The van der Waals surface area contributed by atoms with E-state index in [4.69, 9.17) is 23.1 Å². The fourth-order valence-corrected chi connectivity index (χ4v) is 2.11. The summed E-state index contributed by atoms with van der Waals surface area (Å²) in [6.07, 6.45) is 0. The molecule has 0 aliphatic carbocycles. The van der Waals surface area contributed by atoms with Crippen LogP contribution in [0.5, 0.6) is 0 Å². The lowest BCUT2D eigenvalue weighted by molar-refractivity contribution is 0.0999. The summed E-state index contributed by atoms with van der Waals surface area (Å²) in [4.78, 5) is 23.0. The Hall–Kier alpha value is -2.40. The smallest absolute Gasteiger partial charge is 0.249 e. The molecule has 102 valence electrons. The van der Waals surface area contributed by atoms with Gasteiger partial charge in [0.25, 0.3) is 0 Å². The van der Waals surface area contributed by atoms with Crippen LogP contribution in [0.1, 0.15) is 20.7 Å². The zero-order valence-corrected chi connectivity index (χ0v) is 10.9. The summed E-state index contributed by atoms with van der Waals surface area (Å²) in [5.74, 6) is -2.04. The van der Waals surface area contributed by atoms with E-state index in [9.17, 15) is 14.0 Å². The van der Waals surface area contributed by atoms with Crippen molar-refractivity contribution in [2.45, 2.75) is 0 Å². The Labute approximate surface area is 119 Å². The van der Waals surface area contributed by atoms with Crippen molar-refractivity contribution in [2.75, 3.05) is 0 Å². The van der Waals surface area contributed by atoms with Crippen molar-refractivity contribution in [3.63, 3.8) is 0 Å². The second-order valence-corrected chi connectivity index (χ2v) is 4.49. The van der Waals surface area contributed by atoms with E-state index >= 15 is 0 Å². The largest absolute Gasteiger partial charge is 0.366 e. The number of carbonyl (C=O) groups excluding carboxylic acids is 2. The van der Waals surface area contributed by atoms with Gasteiger partial charge in [-0.2, -0.15) is 0 Å². The van der Waals surface area contributed by atoms with Gasteiger partial charge in [0.1, 0.15) is 5.82 Å². The molecule has 0 heterocycles. The van der Waals surface area contributed by atoms with Gasteiger partial charge in [0.2, 0.25) is 11.8 Å². The summed E-state index contributed by atoms with van der Waals surface area (Å²) in [5.41, 5.74) is 11.4. The van der Waals surface area contributed by atoms with Gasteiger partial charge in [-0.05, 0) is 29.8 Å². The van der Waals surface area contributed by atoms with E-state index in [1.165, 1.54) is 30.3 Å². The first-order valence-electron chi connectivity index (χ1n) is 5.60. The van der Waals surface area contributed by atoms with Gasteiger partial charge < -0.3 is 11.5 Å². The number of amides is 2. The van der Waals surface area contributed by atoms with Crippen LogP contribution >= 0.6 is 11.6 Å².